The van der Waals surface area contributed by atoms with Gasteiger partial charge in [0.15, 0.2) is 0 Å². The minimum absolute atomic E-state index is 0.00787. The normalized spacial score (nSPS) is 21.9. The molecule has 5 heteroatoms. The van der Waals surface area contributed by atoms with Gasteiger partial charge in [-0.1, -0.05) is 20.8 Å². The van der Waals surface area contributed by atoms with Crippen LogP contribution in [0.5, 0.6) is 0 Å². The molecule has 1 aliphatic rings. The van der Waals surface area contributed by atoms with Gasteiger partial charge in [0.25, 0.3) is 0 Å². The van der Waals surface area contributed by atoms with Gasteiger partial charge in [-0.15, -0.1) is 11.3 Å². The van der Waals surface area contributed by atoms with Crippen LogP contribution in [0, 0.1) is 0 Å². The van der Waals surface area contributed by atoms with E-state index in [-0.39, 0.29) is 11.9 Å². The topological polar surface area (TPSA) is 45.2 Å². The summed E-state index contributed by atoms with van der Waals surface area (Å²) in [4.78, 5) is 18.5. The van der Waals surface area contributed by atoms with Crippen molar-refractivity contribution < 1.29 is 4.79 Å². The molecule has 2 heterocycles. The number of aromatic nitrogens is 1. The molecule has 1 amide bonds. The highest BCUT2D eigenvalue weighted by molar-refractivity contribution is 7.09. The number of hydrogen-bond acceptors (Lipinski definition) is 4. The Morgan fingerprint density at radius 2 is 2.33 bits per heavy atom. The van der Waals surface area contributed by atoms with Crippen LogP contribution in [-0.2, 0) is 4.79 Å². The average molecular weight is 267 g/mol. The molecule has 4 nitrogen and oxygen atoms in total. The Hall–Kier alpha value is -0.940. The lowest BCUT2D eigenvalue weighted by molar-refractivity contribution is -0.129. The molecule has 0 saturated carbocycles. The van der Waals surface area contributed by atoms with Crippen LogP contribution in [0.25, 0.3) is 0 Å². The Bertz CT molecular complexity index is 391. The fraction of sp³-hybridized carbons (Fsp3) is 0.692. The van der Waals surface area contributed by atoms with Crippen LogP contribution in [0.15, 0.2) is 11.6 Å². The molecule has 1 aromatic heterocycles. The van der Waals surface area contributed by atoms with Crippen molar-refractivity contribution in [3.8, 4) is 0 Å². The van der Waals surface area contributed by atoms with Gasteiger partial charge in [-0.3, -0.25) is 4.79 Å². The molecule has 2 rings (SSSR count). The van der Waals surface area contributed by atoms with E-state index < -0.39 is 0 Å². The van der Waals surface area contributed by atoms with Crippen molar-refractivity contribution in [2.75, 3.05) is 13.1 Å². The second kappa shape index (κ2) is 5.80. The zero-order chi connectivity index (χ0) is 13.1. The summed E-state index contributed by atoms with van der Waals surface area (Å²) in [6.07, 6.45) is 2.74. The number of nitrogens with zero attached hydrogens (tertiary/aromatic N) is 2. The zero-order valence-electron chi connectivity index (χ0n) is 11.2. The SMILES string of the molecule is CC(C)NC1CCN(CC(C)c2nccs2)C1=O. The lowest BCUT2D eigenvalue weighted by Gasteiger charge is -2.21. The molecule has 0 spiro atoms. The number of carbonyl (C=O) groups is 1. The second-order valence-electron chi connectivity index (χ2n) is 5.22. The van der Waals surface area contributed by atoms with Gasteiger partial charge in [0.1, 0.15) is 0 Å². The van der Waals surface area contributed by atoms with Gasteiger partial charge in [0.2, 0.25) is 5.91 Å². The van der Waals surface area contributed by atoms with E-state index in [1.807, 2.05) is 16.5 Å². The maximum atomic E-state index is 12.2. The van der Waals surface area contributed by atoms with Gasteiger partial charge in [0, 0.05) is 36.6 Å². The highest BCUT2D eigenvalue weighted by Crippen LogP contribution is 2.21. The summed E-state index contributed by atoms with van der Waals surface area (Å²) in [5, 5.41) is 6.43. The van der Waals surface area contributed by atoms with E-state index in [9.17, 15) is 4.79 Å². The first-order chi connectivity index (χ1) is 8.58. The maximum absolute atomic E-state index is 12.2. The first kappa shape index (κ1) is 13.5. The first-order valence-electron chi connectivity index (χ1n) is 6.52. The van der Waals surface area contributed by atoms with Crippen LogP contribution in [-0.4, -0.2) is 41.0 Å². The highest BCUT2D eigenvalue weighted by Gasteiger charge is 2.32. The summed E-state index contributed by atoms with van der Waals surface area (Å²) in [5.41, 5.74) is 0. The van der Waals surface area contributed by atoms with Crippen molar-refractivity contribution in [3.05, 3.63) is 16.6 Å². The molecule has 1 N–H and O–H groups in total. The Morgan fingerprint density at radius 3 is 2.94 bits per heavy atom. The summed E-state index contributed by atoms with van der Waals surface area (Å²) in [6, 6.07) is 0.365. The predicted molar refractivity (Wildman–Crippen MR) is 73.8 cm³/mol. The number of thiazole rings is 1. The summed E-state index contributed by atoms with van der Waals surface area (Å²) >= 11 is 1.66. The number of amides is 1. The van der Waals surface area contributed by atoms with E-state index in [1.54, 1.807) is 11.3 Å². The van der Waals surface area contributed by atoms with E-state index in [2.05, 4.69) is 31.1 Å². The van der Waals surface area contributed by atoms with Gasteiger partial charge in [-0.25, -0.2) is 4.98 Å². The summed E-state index contributed by atoms with van der Waals surface area (Å²) < 4.78 is 0. The van der Waals surface area contributed by atoms with E-state index in [0.29, 0.717) is 12.0 Å². The first-order valence-corrected chi connectivity index (χ1v) is 7.40. The largest absolute Gasteiger partial charge is 0.341 e. The van der Waals surface area contributed by atoms with Crippen molar-refractivity contribution in [1.82, 2.24) is 15.2 Å². The average Bonchev–Trinajstić information content (AvgIpc) is 2.93. The third kappa shape index (κ3) is 3.09. The Balaban J connectivity index is 1.90. The fourth-order valence-corrected chi connectivity index (χ4v) is 3.05. The molecule has 1 aromatic rings. The quantitative estimate of drug-likeness (QED) is 0.885. The highest BCUT2D eigenvalue weighted by atomic mass is 32.1. The Kier molecular flexibility index (Phi) is 4.35. The number of carbonyl (C=O) groups excluding carboxylic acids is 1. The zero-order valence-corrected chi connectivity index (χ0v) is 12.0. The van der Waals surface area contributed by atoms with Crippen molar-refractivity contribution in [2.45, 2.75) is 45.2 Å². The summed E-state index contributed by atoms with van der Waals surface area (Å²) in [5.74, 6) is 0.568. The number of rotatable bonds is 5. The standard InChI is InChI=1S/C13H21N3OS/c1-9(2)15-11-4-6-16(13(11)17)8-10(3)12-14-5-7-18-12/h5,7,9-11,15H,4,6,8H2,1-3H3. The molecule has 100 valence electrons. The van der Waals surface area contributed by atoms with E-state index in [0.717, 1.165) is 24.5 Å². The molecule has 0 radical (unpaired) electrons. The summed E-state index contributed by atoms with van der Waals surface area (Å²) in [7, 11) is 0. The van der Waals surface area contributed by atoms with Crippen LogP contribution >= 0.6 is 11.3 Å². The summed E-state index contributed by atoms with van der Waals surface area (Å²) in [6.45, 7) is 7.93. The minimum atomic E-state index is 0.00787. The van der Waals surface area contributed by atoms with Crippen LogP contribution < -0.4 is 5.32 Å². The molecular weight excluding hydrogens is 246 g/mol. The Labute approximate surface area is 112 Å². The third-order valence-corrected chi connectivity index (χ3v) is 4.21. The molecule has 2 unspecified atom stereocenters. The van der Waals surface area contributed by atoms with E-state index >= 15 is 0 Å². The molecule has 2 atom stereocenters. The van der Waals surface area contributed by atoms with Gasteiger partial charge in [-0.2, -0.15) is 0 Å². The minimum Gasteiger partial charge on any atom is -0.341 e. The molecule has 1 saturated heterocycles. The number of likely N-dealkylation sites (tertiary alicyclic amines) is 1. The van der Waals surface area contributed by atoms with Crippen LogP contribution in [0.4, 0.5) is 0 Å². The maximum Gasteiger partial charge on any atom is 0.239 e. The molecular formula is C13H21N3OS. The second-order valence-corrected chi connectivity index (χ2v) is 6.14. The molecule has 1 aliphatic heterocycles. The van der Waals surface area contributed by atoms with E-state index in [1.165, 1.54) is 0 Å². The lowest BCUT2D eigenvalue weighted by atomic mass is 10.2. The third-order valence-electron chi connectivity index (χ3n) is 3.20. The number of hydrogen-bond donors (Lipinski definition) is 1. The predicted octanol–water partition coefficient (Wildman–Crippen LogP) is 1.85. The van der Waals surface area contributed by atoms with Gasteiger partial charge < -0.3 is 10.2 Å². The van der Waals surface area contributed by atoms with Crippen LogP contribution in [0.2, 0.25) is 0 Å². The van der Waals surface area contributed by atoms with E-state index in [4.69, 9.17) is 0 Å². The monoisotopic (exact) mass is 267 g/mol. The van der Waals surface area contributed by atoms with Gasteiger partial charge in [0.05, 0.1) is 11.0 Å². The van der Waals surface area contributed by atoms with Crippen molar-refractivity contribution >= 4 is 17.2 Å². The molecule has 1 fully saturated rings. The molecule has 18 heavy (non-hydrogen) atoms. The Morgan fingerprint density at radius 1 is 1.56 bits per heavy atom. The van der Waals surface area contributed by atoms with Crippen molar-refractivity contribution in [1.29, 1.82) is 0 Å². The number of nitrogens with one attached hydrogen (secondary N) is 1. The molecule has 0 aromatic carbocycles. The fourth-order valence-electron chi connectivity index (χ4n) is 2.36. The smallest absolute Gasteiger partial charge is 0.239 e. The van der Waals surface area contributed by atoms with Crippen LogP contribution in [0.1, 0.15) is 38.1 Å². The van der Waals surface area contributed by atoms with Crippen LogP contribution in [0.3, 0.4) is 0 Å². The van der Waals surface area contributed by atoms with Gasteiger partial charge >= 0.3 is 0 Å². The molecule has 0 bridgehead atoms. The lowest BCUT2D eigenvalue weighted by Crippen LogP contribution is -2.42. The molecule has 0 aliphatic carbocycles. The van der Waals surface area contributed by atoms with Gasteiger partial charge in [-0.05, 0) is 6.42 Å². The van der Waals surface area contributed by atoms with Crippen molar-refractivity contribution in [3.63, 3.8) is 0 Å². The van der Waals surface area contributed by atoms with Crippen molar-refractivity contribution in [2.24, 2.45) is 0 Å².